The molecule has 6 heteroatoms. The highest BCUT2D eigenvalue weighted by Crippen LogP contribution is 2.31. The number of aryl methyl sites for hydroxylation is 1. The number of phenols is 1. The number of anilines is 3. The van der Waals surface area contributed by atoms with Crippen molar-refractivity contribution in [2.24, 2.45) is 0 Å². The Balaban J connectivity index is 1.72. The molecular weight excluding hydrogens is 382 g/mol. The number of aromatic hydroxyl groups is 1. The van der Waals surface area contributed by atoms with Gasteiger partial charge >= 0.3 is 0 Å². The second kappa shape index (κ2) is 7.48. The second-order valence-electron chi connectivity index (χ2n) is 6.81. The third kappa shape index (κ3) is 4.02. The minimum atomic E-state index is -2.69. The number of hydrogen-bond donors (Lipinski definition) is 3. The first kappa shape index (κ1) is 18.8. The maximum Gasteiger partial charge on any atom is 0.117 e. The Morgan fingerprint density at radius 3 is 2.55 bits per heavy atom. The van der Waals surface area contributed by atoms with Crippen LogP contribution in [0.5, 0.6) is 5.75 Å². The first-order valence-corrected chi connectivity index (χ1v) is 10.8. The maximum atomic E-state index is 13.1. The van der Waals surface area contributed by atoms with Gasteiger partial charge in [0.1, 0.15) is 5.75 Å². The number of benzene rings is 3. The zero-order chi connectivity index (χ0) is 20.4. The molecule has 0 bridgehead atoms. The minimum Gasteiger partial charge on any atom is -0.508 e. The molecule has 3 N–H and O–H groups in total. The zero-order valence-electron chi connectivity index (χ0n) is 15.9. The van der Waals surface area contributed by atoms with Gasteiger partial charge < -0.3 is 15.1 Å². The van der Waals surface area contributed by atoms with Crippen LogP contribution in [0, 0.1) is 6.92 Å². The van der Waals surface area contributed by atoms with Crippen LogP contribution in [0.4, 0.5) is 17.1 Å². The topological polar surface area (TPSA) is 74.2 Å². The lowest BCUT2D eigenvalue weighted by Crippen LogP contribution is -2.12. The van der Waals surface area contributed by atoms with Gasteiger partial charge in [0.05, 0.1) is 15.2 Å². The van der Waals surface area contributed by atoms with E-state index in [0.29, 0.717) is 10.6 Å². The Morgan fingerprint density at radius 1 is 0.966 bits per heavy atom. The number of aromatic nitrogens is 1. The molecule has 1 heterocycles. The molecule has 0 saturated carbocycles. The van der Waals surface area contributed by atoms with Crippen LogP contribution in [0.2, 0.25) is 0 Å². The molecule has 146 valence electrons. The molecule has 4 rings (SSSR count). The molecule has 0 aliphatic rings. The summed E-state index contributed by atoms with van der Waals surface area (Å²) in [6.45, 7) is 1.97. The van der Waals surface area contributed by atoms with Gasteiger partial charge in [-0.2, -0.15) is 0 Å². The number of nitrogens with one attached hydrogen (secondary N) is 2. The van der Waals surface area contributed by atoms with Crippen molar-refractivity contribution in [1.82, 2.24) is 4.98 Å². The number of phenolic OH excluding ortho intramolecular Hbond substituents is 1. The largest absolute Gasteiger partial charge is 0.508 e. The summed E-state index contributed by atoms with van der Waals surface area (Å²) < 4.78 is 16.1. The Bertz CT molecular complexity index is 1290. The second-order valence-corrected chi connectivity index (χ2v) is 8.83. The van der Waals surface area contributed by atoms with E-state index in [9.17, 15) is 9.32 Å². The van der Waals surface area contributed by atoms with Crippen LogP contribution in [0.25, 0.3) is 10.9 Å². The van der Waals surface area contributed by atoms with Crippen molar-refractivity contribution < 1.29 is 9.32 Å². The fourth-order valence-corrected chi connectivity index (χ4v) is 4.32. The molecule has 0 spiro atoms. The van der Waals surface area contributed by atoms with Crippen molar-refractivity contribution >= 4 is 43.5 Å². The van der Waals surface area contributed by atoms with Gasteiger partial charge in [0.25, 0.3) is 0 Å². The Labute approximate surface area is 170 Å². The van der Waals surface area contributed by atoms with Crippen LogP contribution in [0.3, 0.4) is 0 Å². The maximum absolute atomic E-state index is 13.1. The smallest absolute Gasteiger partial charge is 0.117 e. The number of pyridine rings is 1. The van der Waals surface area contributed by atoms with Gasteiger partial charge in [-0.05, 0) is 60.8 Å². The first-order chi connectivity index (χ1) is 13.9. The van der Waals surface area contributed by atoms with Gasteiger partial charge in [-0.3, -0.25) is 4.98 Å². The summed E-state index contributed by atoms with van der Waals surface area (Å²) in [5, 5.41) is 14.0. The van der Waals surface area contributed by atoms with E-state index in [0.717, 1.165) is 27.8 Å². The molecule has 0 radical (unpaired) electrons. The molecule has 0 saturated heterocycles. The summed E-state index contributed by atoms with van der Waals surface area (Å²) in [5.41, 5.74) is 4.13. The van der Waals surface area contributed by atoms with Crippen LogP contribution in [0.1, 0.15) is 5.56 Å². The third-order valence-electron chi connectivity index (χ3n) is 4.64. The SMILES string of the molecule is C=S(=O)(Nc1ccc2nccc(Nc3cc(O)ccc3C)c2c1)c1ccccc1. The highest BCUT2D eigenvalue weighted by atomic mass is 32.2. The van der Waals surface area contributed by atoms with Crippen molar-refractivity contribution in [3.8, 4) is 5.75 Å². The summed E-state index contributed by atoms with van der Waals surface area (Å²) in [6.07, 6.45) is 1.73. The first-order valence-electron chi connectivity index (χ1n) is 9.08. The van der Waals surface area contributed by atoms with E-state index in [1.165, 1.54) is 0 Å². The lowest BCUT2D eigenvalue weighted by molar-refractivity contribution is 0.475. The fraction of sp³-hybridized carbons (Fsp3) is 0.0435. The number of rotatable bonds is 5. The van der Waals surface area contributed by atoms with Gasteiger partial charge in [-0.15, -0.1) is 0 Å². The Hall–Kier alpha value is -3.51. The van der Waals surface area contributed by atoms with E-state index in [1.807, 2.05) is 55.5 Å². The molecule has 0 aliphatic heterocycles. The van der Waals surface area contributed by atoms with Crippen LogP contribution in [-0.2, 0) is 9.71 Å². The fourth-order valence-electron chi connectivity index (χ4n) is 3.10. The summed E-state index contributed by atoms with van der Waals surface area (Å²) >= 11 is 0. The molecule has 3 aromatic carbocycles. The molecular formula is C23H21N3O2S. The standard InChI is InChI=1S/C23H21N3O2S/c1-16-8-10-18(27)15-23(16)25-22-12-13-24-21-11-9-17(14-20(21)22)26-29(2,28)19-6-4-3-5-7-19/h3-15,27H,2H2,1H3,(H,24,25)(H,26,28). The average molecular weight is 404 g/mol. The average Bonchev–Trinajstić information content (AvgIpc) is 2.71. The monoisotopic (exact) mass is 403 g/mol. The molecule has 29 heavy (non-hydrogen) atoms. The van der Waals surface area contributed by atoms with Crippen LogP contribution in [0.15, 0.2) is 83.9 Å². The van der Waals surface area contributed by atoms with E-state index in [1.54, 1.807) is 30.5 Å². The number of hydrogen-bond acceptors (Lipinski definition) is 4. The predicted octanol–water partition coefficient (Wildman–Crippen LogP) is 5.09. The minimum absolute atomic E-state index is 0.193. The molecule has 0 amide bonds. The highest BCUT2D eigenvalue weighted by molar-refractivity contribution is 8.01. The molecule has 4 aromatic rings. The van der Waals surface area contributed by atoms with Gasteiger partial charge in [0.2, 0.25) is 0 Å². The van der Waals surface area contributed by atoms with E-state index < -0.39 is 9.71 Å². The van der Waals surface area contributed by atoms with Gasteiger partial charge in [-0.1, -0.05) is 24.3 Å². The zero-order valence-corrected chi connectivity index (χ0v) is 16.7. The normalized spacial score (nSPS) is 13.0. The van der Waals surface area contributed by atoms with Crippen molar-refractivity contribution in [2.75, 3.05) is 10.0 Å². The highest BCUT2D eigenvalue weighted by Gasteiger charge is 2.10. The summed E-state index contributed by atoms with van der Waals surface area (Å²) in [5.74, 6) is 4.08. The third-order valence-corrected chi connectivity index (χ3v) is 6.24. The predicted molar refractivity (Wildman–Crippen MR) is 121 cm³/mol. The summed E-state index contributed by atoms with van der Waals surface area (Å²) in [6, 6.07) is 21.8. The Kier molecular flexibility index (Phi) is 4.86. The van der Waals surface area contributed by atoms with E-state index >= 15 is 0 Å². The molecule has 1 atom stereocenters. The van der Waals surface area contributed by atoms with Crippen LogP contribution < -0.4 is 10.0 Å². The summed E-state index contributed by atoms with van der Waals surface area (Å²) in [7, 11) is -2.69. The van der Waals surface area contributed by atoms with Crippen molar-refractivity contribution in [3.05, 3.63) is 84.6 Å². The summed E-state index contributed by atoms with van der Waals surface area (Å²) in [4.78, 5) is 5.05. The van der Waals surface area contributed by atoms with E-state index in [4.69, 9.17) is 0 Å². The molecule has 0 aliphatic carbocycles. The van der Waals surface area contributed by atoms with Crippen LogP contribution >= 0.6 is 0 Å². The Morgan fingerprint density at radius 2 is 1.76 bits per heavy atom. The lowest BCUT2D eigenvalue weighted by Gasteiger charge is -2.15. The van der Waals surface area contributed by atoms with Crippen molar-refractivity contribution in [3.63, 3.8) is 0 Å². The molecule has 5 nitrogen and oxygen atoms in total. The molecule has 1 aromatic heterocycles. The van der Waals surface area contributed by atoms with E-state index in [2.05, 4.69) is 20.9 Å². The van der Waals surface area contributed by atoms with Gasteiger partial charge in [0, 0.05) is 39.6 Å². The molecule has 1 unspecified atom stereocenters. The van der Waals surface area contributed by atoms with Crippen molar-refractivity contribution in [2.45, 2.75) is 11.8 Å². The van der Waals surface area contributed by atoms with Crippen LogP contribution in [-0.4, -0.2) is 20.2 Å². The van der Waals surface area contributed by atoms with Crippen molar-refractivity contribution in [1.29, 1.82) is 0 Å². The quantitative estimate of drug-likeness (QED) is 0.406. The van der Waals surface area contributed by atoms with Gasteiger partial charge in [0.15, 0.2) is 0 Å². The molecule has 0 fully saturated rings. The lowest BCUT2D eigenvalue weighted by atomic mass is 10.1. The van der Waals surface area contributed by atoms with E-state index in [-0.39, 0.29) is 5.75 Å². The van der Waals surface area contributed by atoms with Gasteiger partial charge in [-0.25, -0.2) is 4.21 Å². The number of nitrogens with zero attached hydrogens (tertiary/aromatic N) is 1. The number of fused-ring (bicyclic) bond motifs is 1.